The summed E-state index contributed by atoms with van der Waals surface area (Å²) in [7, 11) is 3.73. The zero-order valence-corrected chi connectivity index (χ0v) is 13.9. The number of likely N-dealkylation sites (tertiary alicyclic amines) is 1. The molecule has 0 unspecified atom stereocenters. The van der Waals surface area contributed by atoms with Crippen LogP contribution < -0.4 is 4.90 Å². The zero-order valence-electron chi connectivity index (χ0n) is 13.1. The van der Waals surface area contributed by atoms with Gasteiger partial charge in [-0.3, -0.25) is 4.79 Å². The van der Waals surface area contributed by atoms with Crippen LogP contribution in [0.5, 0.6) is 0 Å². The zero-order chi connectivity index (χ0) is 15.7. The van der Waals surface area contributed by atoms with E-state index >= 15 is 0 Å². The van der Waals surface area contributed by atoms with E-state index in [2.05, 4.69) is 17.1 Å². The van der Waals surface area contributed by atoms with Crippen LogP contribution in [0.25, 0.3) is 0 Å². The highest BCUT2D eigenvalue weighted by molar-refractivity contribution is 7.12. The first-order chi connectivity index (χ1) is 10.6. The highest BCUT2D eigenvalue weighted by Gasteiger charge is 2.35. The molecule has 1 fully saturated rings. The van der Waals surface area contributed by atoms with Crippen LogP contribution in [0.15, 0.2) is 16.0 Å². The first kappa shape index (κ1) is 15.0. The van der Waals surface area contributed by atoms with Gasteiger partial charge in [0.2, 0.25) is 0 Å². The number of carbonyl (C=O) groups is 1. The average Bonchev–Trinajstić information content (AvgIpc) is 3.23. The molecule has 22 heavy (non-hydrogen) atoms. The lowest BCUT2D eigenvalue weighted by Gasteiger charge is -2.21. The molecule has 3 heterocycles. The third-order valence-electron chi connectivity index (χ3n) is 3.95. The second-order valence-electron chi connectivity index (χ2n) is 5.61. The van der Waals surface area contributed by atoms with Gasteiger partial charge in [-0.2, -0.15) is 4.98 Å². The molecule has 1 atom stereocenters. The van der Waals surface area contributed by atoms with Gasteiger partial charge in [0.1, 0.15) is 6.04 Å². The number of carbonyl (C=O) groups excluding carboxylic acids is 1. The lowest BCUT2D eigenvalue weighted by Crippen LogP contribution is -2.30. The predicted molar refractivity (Wildman–Crippen MR) is 85.3 cm³/mol. The summed E-state index contributed by atoms with van der Waals surface area (Å²) in [6, 6.07) is 1.92. The standard InChI is InChI=1S/C15H20N4O2S/c1-4-10-7-9-22-12(10)14(20)19-8-5-6-11(19)13-16-15(17-21-13)18(2)3/h7,9,11H,4-6,8H2,1-3H3/t11-/m1/s1. The van der Waals surface area contributed by atoms with Crippen molar-refractivity contribution < 1.29 is 9.32 Å². The van der Waals surface area contributed by atoms with Crippen molar-refractivity contribution in [3.8, 4) is 0 Å². The van der Waals surface area contributed by atoms with E-state index in [1.54, 1.807) is 4.90 Å². The van der Waals surface area contributed by atoms with Crippen LogP contribution in [-0.2, 0) is 6.42 Å². The largest absolute Gasteiger partial charge is 0.344 e. The fraction of sp³-hybridized carbons (Fsp3) is 0.533. The number of anilines is 1. The maximum absolute atomic E-state index is 12.8. The van der Waals surface area contributed by atoms with E-state index in [0.29, 0.717) is 11.8 Å². The number of rotatable bonds is 4. The van der Waals surface area contributed by atoms with E-state index in [4.69, 9.17) is 4.52 Å². The van der Waals surface area contributed by atoms with Crippen molar-refractivity contribution in [3.63, 3.8) is 0 Å². The monoisotopic (exact) mass is 320 g/mol. The summed E-state index contributed by atoms with van der Waals surface area (Å²) in [5.74, 6) is 1.16. The molecule has 2 aromatic heterocycles. The van der Waals surface area contributed by atoms with Crippen molar-refractivity contribution in [1.29, 1.82) is 0 Å². The summed E-state index contributed by atoms with van der Waals surface area (Å²) >= 11 is 1.51. The quantitative estimate of drug-likeness (QED) is 0.867. The van der Waals surface area contributed by atoms with E-state index in [0.717, 1.165) is 36.2 Å². The van der Waals surface area contributed by atoms with E-state index in [1.807, 2.05) is 30.4 Å². The van der Waals surface area contributed by atoms with Gasteiger partial charge < -0.3 is 14.3 Å². The Hall–Kier alpha value is -1.89. The lowest BCUT2D eigenvalue weighted by molar-refractivity contribution is 0.0714. The van der Waals surface area contributed by atoms with Crippen LogP contribution in [-0.4, -0.2) is 41.6 Å². The van der Waals surface area contributed by atoms with Crippen LogP contribution in [0.4, 0.5) is 5.95 Å². The Morgan fingerprint density at radius 3 is 3.05 bits per heavy atom. The molecule has 0 bridgehead atoms. The molecule has 118 valence electrons. The summed E-state index contributed by atoms with van der Waals surface area (Å²) < 4.78 is 5.37. The molecule has 6 nitrogen and oxygen atoms in total. The van der Waals surface area contributed by atoms with Gasteiger partial charge in [-0.25, -0.2) is 0 Å². The molecule has 3 rings (SSSR count). The highest BCUT2D eigenvalue weighted by atomic mass is 32.1. The Morgan fingerprint density at radius 2 is 2.36 bits per heavy atom. The third kappa shape index (κ3) is 2.61. The van der Waals surface area contributed by atoms with Crippen molar-refractivity contribution in [2.45, 2.75) is 32.2 Å². The molecule has 1 saturated heterocycles. The number of hydrogen-bond acceptors (Lipinski definition) is 6. The van der Waals surface area contributed by atoms with Gasteiger partial charge in [0.25, 0.3) is 17.7 Å². The van der Waals surface area contributed by atoms with E-state index < -0.39 is 0 Å². The molecule has 1 aliphatic heterocycles. The molecule has 1 aliphatic rings. The minimum atomic E-state index is -0.111. The van der Waals surface area contributed by atoms with E-state index in [-0.39, 0.29) is 11.9 Å². The van der Waals surface area contributed by atoms with Gasteiger partial charge in [0.05, 0.1) is 4.88 Å². The van der Waals surface area contributed by atoms with Gasteiger partial charge in [-0.05, 0) is 41.4 Å². The molecule has 7 heteroatoms. The van der Waals surface area contributed by atoms with E-state index in [1.165, 1.54) is 11.3 Å². The van der Waals surface area contributed by atoms with Crippen molar-refractivity contribution in [2.75, 3.05) is 25.5 Å². The van der Waals surface area contributed by atoms with Gasteiger partial charge in [0, 0.05) is 20.6 Å². The first-order valence-electron chi connectivity index (χ1n) is 7.50. The molecule has 2 aromatic rings. The normalized spacial score (nSPS) is 18.0. The Balaban J connectivity index is 1.85. The minimum Gasteiger partial charge on any atom is -0.344 e. The number of amides is 1. The average molecular weight is 320 g/mol. The SMILES string of the molecule is CCc1ccsc1C(=O)N1CCC[C@@H]1c1nc(N(C)C)no1. The summed E-state index contributed by atoms with van der Waals surface area (Å²) in [6.07, 6.45) is 2.70. The number of thiophene rings is 1. The second-order valence-corrected chi connectivity index (χ2v) is 6.53. The Kier molecular flexibility index (Phi) is 4.15. The summed E-state index contributed by atoms with van der Waals surface area (Å²) in [6.45, 7) is 2.81. The summed E-state index contributed by atoms with van der Waals surface area (Å²) in [4.78, 5) is 21.8. The molecule has 0 radical (unpaired) electrons. The second kappa shape index (κ2) is 6.08. The van der Waals surface area contributed by atoms with Crippen molar-refractivity contribution in [3.05, 3.63) is 27.8 Å². The maximum atomic E-state index is 12.8. The number of nitrogens with zero attached hydrogens (tertiary/aromatic N) is 4. The smallest absolute Gasteiger partial charge is 0.265 e. The molecular weight excluding hydrogens is 300 g/mol. The molecule has 0 aromatic carbocycles. The topological polar surface area (TPSA) is 62.5 Å². The van der Waals surface area contributed by atoms with Gasteiger partial charge in [-0.1, -0.05) is 6.92 Å². The van der Waals surface area contributed by atoms with Crippen LogP contribution in [0.1, 0.15) is 46.9 Å². The maximum Gasteiger partial charge on any atom is 0.265 e. The first-order valence-corrected chi connectivity index (χ1v) is 8.38. The summed E-state index contributed by atoms with van der Waals surface area (Å²) in [5.41, 5.74) is 1.11. The Bertz CT molecular complexity index is 664. The number of aryl methyl sites for hydroxylation is 1. The van der Waals surface area contributed by atoms with Crippen LogP contribution in [0.2, 0.25) is 0 Å². The van der Waals surface area contributed by atoms with Gasteiger partial charge in [-0.15, -0.1) is 11.3 Å². The van der Waals surface area contributed by atoms with Gasteiger partial charge in [0.15, 0.2) is 0 Å². The molecular formula is C15H20N4O2S. The highest BCUT2D eigenvalue weighted by Crippen LogP contribution is 2.34. The minimum absolute atomic E-state index is 0.0824. The number of hydrogen-bond donors (Lipinski definition) is 0. The van der Waals surface area contributed by atoms with Crippen molar-refractivity contribution in [2.24, 2.45) is 0 Å². The lowest BCUT2D eigenvalue weighted by atomic mass is 10.1. The third-order valence-corrected chi connectivity index (χ3v) is 4.90. The fourth-order valence-corrected chi connectivity index (χ4v) is 3.69. The number of aromatic nitrogens is 2. The predicted octanol–water partition coefficient (Wildman–Crippen LogP) is 2.74. The molecule has 0 aliphatic carbocycles. The molecule has 0 spiro atoms. The molecule has 0 saturated carbocycles. The molecule has 1 amide bonds. The van der Waals surface area contributed by atoms with Crippen molar-refractivity contribution >= 4 is 23.2 Å². The van der Waals surface area contributed by atoms with Crippen LogP contribution >= 0.6 is 11.3 Å². The van der Waals surface area contributed by atoms with Crippen LogP contribution in [0.3, 0.4) is 0 Å². The van der Waals surface area contributed by atoms with Crippen molar-refractivity contribution in [1.82, 2.24) is 15.0 Å². The Labute approximate surface area is 133 Å². The molecule has 0 N–H and O–H groups in total. The van der Waals surface area contributed by atoms with Gasteiger partial charge >= 0.3 is 0 Å². The Morgan fingerprint density at radius 1 is 1.55 bits per heavy atom. The summed E-state index contributed by atoms with van der Waals surface area (Å²) in [5, 5.41) is 5.94. The fourth-order valence-electron chi connectivity index (χ4n) is 2.74. The van der Waals surface area contributed by atoms with Crippen LogP contribution in [0, 0.1) is 0 Å². The van der Waals surface area contributed by atoms with E-state index in [9.17, 15) is 4.79 Å².